The summed E-state index contributed by atoms with van der Waals surface area (Å²) < 4.78 is 15.8. The number of hydrogen-bond acceptors (Lipinski definition) is 6. The van der Waals surface area contributed by atoms with Crippen LogP contribution in [0.4, 0.5) is 10.5 Å². The topological polar surface area (TPSA) is 81.9 Å². The quantitative estimate of drug-likeness (QED) is 0.749. The van der Waals surface area contributed by atoms with Gasteiger partial charge in [0.25, 0.3) is 0 Å². The minimum atomic E-state index is -0.681. The van der Waals surface area contributed by atoms with Gasteiger partial charge >= 0.3 is 12.1 Å². The van der Waals surface area contributed by atoms with Crippen molar-refractivity contribution in [3.05, 3.63) is 47.9 Å². The summed E-state index contributed by atoms with van der Waals surface area (Å²) in [6.45, 7) is 8.46. The van der Waals surface area contributed by atoms with E-state index in [1.807, 2.05) is 6.07 Å². The Bertz CT molecular complexity index is 749. The van der Waals surface area contributed by atoms with Gasteiger partial charge in [-0.15, -0.1) is 0 Å². The summed E-state index contributed by atoms with van der Waals surface area (Å²) in [6, 6.07) is 10.5. The van der Waals surface area contributed by atoms with E-state index in [0.717, 1.165) is 0 Å². The summed E-state index contributed by atoms with van der Waals surface area (Å²) in [4.78, 5) is 26.1. The van der Waals surface area contributed by atoms with Crippen LogP contribution in [0, 0.1) is 6.92 Å². The highest BCUT2D eigenvalue weighted by molar-refractivity contribution is 5.93. The fourth-order valence-corrected chi connectivity index (χ4v) is 2.19. The molecule has 0 aliphatic carbocycles. The summed E-state index contributed by atoms with van der Waals surface area (Å²) in [5, 5.41) is 3.83. The van der Waals surface area contributed by atoms with Crippen molar-refractivity contribution in [3.8, 4) is 0 Å². The Kier molecular flexibility index (Phi) is 6.02. The number of anilines is 1. The van der Waals surface area contributed by atoms with E-state index in [1.165, 1.54) is 4.90 Å². The van der Waals surface area contributed by atoms with Gasteiger partial charge in [0.2, 0.25) is 0 Å². The highest BCUT2D eigenvalue weighted by Gasteiger charge is 2.27. The summed E-state index contributed by atoms with van der Waals surface area (Å²) in [5.74, 6) is 0.0513. The maximum Gasteiger partial charge on any atom is 0.415 e. The molecule has 0 saturated heterocycles. The van der Waals surface area contributed by atoms with E-state index in [4.69, 9.17) is 14.0 Å². The van der Waals surface area contributed by atoms with E-state index in [-0.39, 0.29) is 6.54 Å². The molecule has 0 unspecified atom stereocenters. The second-order valence-corrected chi connectivity index (χ2v) is 6.90. The minimum Gasteiger partial charge on any atom is -0.455 e. The molecule has 0 aliphatic heterocycles. The Hall–Kier alpha value is -2.83. The van der Waals surface area contributed by atoms with Crippen molar-refractivity contribution in [2.75, 3.05) is 11.4 Å². The van der Waals surface area contributed by atoms with Gasteiger partial charge < -0.3 is 14.0 Å². The normalized spacial score (nSPS) is 12.3. The van der Waals surface area contributed by atoms with Crippen LogP contribution in [0.1, 0.15) is 45.3 Å². The molecule has 0 radical (unpaired) electrons. The summed E-state index contributed by atoms with van der Waals surface area (Å²) in [7, 11) is 0. The molecule has 0 fully saturated rings. The molecule has 140 valence electrons. The second-order valence-electron chi connectivity index (χ2n) is 6.90. The summed E-state index contributed by atoms with van der Waals surface area (Å²) >= 11 is 0. The number of nitrogens with zero attached hydrogens (tertiary/aromatic N) is 2. The molecule has 0 aliphatic rings. The molecule has 0 N–H and O–H groups in total. The van der Waals surface area contributed by atoms with Gasteiger partial charge in [-0.3, -0.25) is 9.69 Å². The van der Waals surface area contributed by atoms with Crippen LogP contribution >= 0.6 is 0 Å². The first-order valence-electron chi connectivity index (χ1n) is 8.34. The largest absolute Gasteiger partial charge is 0.455 e. The van der Waals surface area contributed by atoms with Crippen LogP contribution in [0.2, 0.25) is 0 Å². The van der Waals surface area contributed by atoms with Crippen molar-refractivity contribution in [2.45, 2.75) is 46.3 Å². The number of aromatic nitrogens is 1. The van der Waals surface area contributed by atoms with Crippen molar-refractivity contribution in [1.82, 2.24) is 5.16 Å². The van der Waals surface area contributed by atoms with Crippen LogP contribution in [-0.4, -0.2) is 29.4 Å². The van der Waals surface area contributed by atoms with Crippen LogP contribution in [0.25, 0.3) is 0 Å². The monoisotopic (exact) mass is 360 g/mol. The number of esters is 1. The van der Waals surface area contributed by atoms with Crippen molar-refractivity contribution in [1.29, 1.82) is 0 Å². The number of benzene rings is 1. The van der Waals surface area contributed by atoms with Crippen LogP contribution in [-0.2, 0) is 14.3 Å². The first-order valence-corrected chi connectivity index (χ1v) is 8.34. The summed E-state index contributed by atoms with van der Waals surface area (Å²) in [5.41, 5.74) is 0.377. The lowest BCUT2D eigenvalue weighted by molar-refractivity contribution is -0.147. The Labute approximate surface area is 152 Å². The number of aryl methyl sites for hydroxylation is 1. The zero-order valence-electron chi connectivity index (χ0n) is 15.7. The number of carbonyl (C=O) groups is 2. The first-order chi connectivity index (χ1) is 12.2. The molecule has 26 heavy (non-hydrogen) atoms. The maximum absolute atomic E-state index is 12.5. The average molecular weight is 360 g/mol. The molecule has 2 aromatic rings. The van der Waals surface area contributed by atoms with E-state index in [1.54, 1.807) is 65.0 Å². The van der Waals surface area contributed by atoms with Crippen molar-refractivity contribution in [3.63, 3.8) is 0 Å². The smallest absolute Gasteiger partial charge is 0.415 e. The van der Waals surface area contributed by atoms with Gasteiger partial charge in [-0.25, -0.2) is 4.79 Å². The van der Waals surface area contributed by atoms with Crippen LogP contribution in [0.5, 0.6) is 0 Å². The molecule has 2 rings (SSSR count). The molecule has 1 aromatic carbocycles. The van der Waals surface area contributed by atoms with E-state index >= 15 is 0 Å². The molecular weight excluding hydrogens is 336 g/mol. The lowest BCUT2D eigenvalue weighted by atomic mass is 10.2. The Balaban J connectivity index is 2.10. The van der Waals surface area contributed by atoms with E-state index < -0.39 is 23.8 Å². The fraction of sp³-hybridized carbons (Fsp3) is 0.421. The molecule has 1 aromatic heterocycles. The number of para-hydroxylation sites is 1. The third-order valence-corrected chi connectivity index (χ3v) is 3.34. The molecule has 0 spiro atoms. The zero-order valence-corrected chi connectivity index (χ0v) is 15.7. The van der Waals surface area contributed by atoms with Gasteiger partial charge in [0.15, 0.2) is 0 Å². The molecule has 1 atom stereocenters. The standard InChI is InChI=1S/C19H24N2O5/c1-13-11-16(20-26-13)14(2)24-17(22)12-21(15-9-7-6-8-10-15)18(23)25-19(3,4)5/h6-11,14H,12H2,1-5H3/t14-/m1/s1. The maximum atomic E-state index is 12.5. The number of amides is 1. The Morgan fingerprint density at radius 1 is 1.23 bits per heavy atom. The zero-order chi connectivity index (χ0) is 19.3. The van der Waals surface area contributed by atoms with Crippen molar-refractivity contribution in [2.24, 2.45) is 0 Å². The number of rotatable bonds is 5. The SMILES string of the molecule is Cc1cc([C@@H](C)OC(=O)CN(C(=O)OC(C)(C)C)c2ccccc2)no1. The first kappa shape index (κ1) is 19.5. The predicted molar refractivity (Wildman–Crippen MR) is 95.8 cm³/mol. The van der Waals surface area contributed by atoms with E-state index in [2.05, 4.69) is 5.16 Å². The fourth-order valence-electron chi connectivity index (χ4n) is 2.19. The van der Waals surface area contributed by atoms with Gasteiger partial charge in [-0.05, 0) is 46.8 Å². The third kappa shape index (κ3) is 5.61. The van der Waals surface area contributed by atoms with Gasteiger partial charge in [-0.2, -0.15) is 0 Å². The highest BCUT2D eigenvalue weighted by Crippen LogP contribution is 2.20. The predicted octanol–water partition coefficient (Wildman–Crippen LogP) is 4.03. The molecule has 7 heteroatoms. The summed E-state index contributed by atoms with van der Waals surface area (Å²) in [6.07, 6.45) is -1.21. The minimum absolute atomic E-state index is 0.278. The molecule has 0 bridgehead atoms. The number of ether oxygens (including phenoxy) is 2. The average Bonchev–Trinajstić information content (AvgIpc) is 2.98. The lowest BCUT2D eigenvalue weighted by Crippen LogP contribution is -2.40. The number of hydrogen-bond donors (Lipinski definition) is 0. The molecular formula is C19H24N2O5. The van der Waals surface area contributed by atoms with Crippen molar-refractivity contribution >= 4 is 17.7 Å². The van der Waals surface area contributed by atoms with Crippen LogP contribution < -0.4 is 4.90 Å². The molecule has 1 amide bonds. The van der Waals surface area contributed by atoms with Crippen LogP contribution in [0.3, 0.4) is 0 Å². The van der Waals surface area contributed by atoms with Gasteiger partial charge in [-0.1, -0.05) is 23.4 Å². The van der Waals surface area contributed by atoms with Gasteiger partial charge in [0.1, 0.15) is 29.7 Å². The van der Waals surface area contributed by atoms with Crippen molar-refractivity contribution < 1.29 is 23.6 Å². The third-order valence-electron chi connectivity index (χ3n) is 3.34. The lowest BCUT2D eigenvalue weighted by Gasteiger charge is -2.27. The van der Waals surface area contributed by atoms with Gasteiger partial charge in [0, 0.05) is 11.8 Å². The molecule has 7 nitrogen and oxygen atoms in total. The second kappa shape index (κ2) is 8.03. The molecule has 1 heterocycles. The van der Waals surface area contributed by atoms with E-state index in [9.17, 15) is 9.59 Å². The Morgan fingerprint density at radius 3 is 2.42 bits per heavy atom. The number of carbonyl (C=O) groups excluding carboxylic acids is 2. The van der Waals surface area contributed by atoms with Gasteiger partial charge in [0.05, 0.1) is 0 Å². The Morgan fingerprint density at radius 2 is 1.88 bits per heavy atom. The van der Waals surface area contributed by atoms with E-state index in [0.29, 0.717) is 17.1 Å². The molecule has 0 saturated carbocycles. The van der Waals surface area contributed by atoms with Crippen LogP contribution in [0.15, 0.2) is 40.9 Å². The highest BCUT2D eigenvalue weighted by atomic mass is 16.6.